The second kappa shape index (κ2) is 9.82. The number of alkyl halides is 1. The molecule has 5 rings (SSSR count). The first-order chi connectivity index (χ1) is 17.2. The first kappa shape index (κ1) is 24.7. The van der Waals surface area contributed by atoms with Crippen LogP contribution in [0.1, 0.15) is 51.8 Å². The Bertz CT molecular complexity index is 1160. The highest BCUT2D eigenvalue weighted by Crippen LogP contribution is 2.34. The molecule has 194 valence electrons. The molecule has 9 nitrogen and oxygen atoms in total. The minimum atomic E-state index is -1.49. The van der Waals surface area contributed by atoms with Crippen molar-refractivity contribution in [2.45, 2.75) is 58.0 Å². The number of aromatic nitrogens is 2. The Hall–Kier alpha value is -2.98. The Balaban J connectivity index is 1.28. The standard InChI is InChI=1S/C26H34FN5O4/c1-16-4-3-5-20(17(16)2)29-10-12-30(13-11-29)23(35)15-32-25-18(6-7-22(25)34)24(28-32)26(36)31-9-8-21(33)19(27)14-31/h3-5,19,21-22,33-34H,6-15H2,1-2H3/t19-,21-,22?/m0/s1. The summed E-state index contributed by atoms with van der Waals surface area (Å²) in [5.41, 5.74) is 5.01. The number of anilines is 1. The van der Waals surface area contributed by atoms with Gasteiger partial charge in [-0.15, -0.1) is 0 Å². The van der Waals surface area contributed by atoms with E-state index in [0.717, 1.165) is 13.1 Å². The highest BCUT2D eigenvalue weighted by Gasteiger charge is 2.37. The van der Waals surface area contributed by atoms with E-state index in [-0.39, 0.29) is 37.7 Å². The fourth-order valence-electron chi connectivity index (χ4n) is 5.57. The van der Waals surface area contributed by atoms with Gasteiger partial charge in [-0.05, 0) is 50.3 Å². The number of rotatable bonds is 4. The average molecular weight is 500 g/mol. The molecule has 3 aliphatic rings. The zero-order valence-corrected chi connectivity index (χ0v) is 20.9. The molecule has 2 N–H and O–H groups in total. The summed E-state index contributed by atoms with van der Waals surface area (Å²) in [7, 11) is 0. The van der Waals surface area contributed by atoms with Crippen LogP contribution in [0.4, 0.5) is 10.1 Å². The van der Waals surface area contributed by atoms with Crippen LogP contribution >= 0.6 is 0 Å². The fraction of sp³-hybridized carbons (Fsp3) is 0.577. The highest BCUT2D eigenvalue weighted by molar-refractivity contribution is 5.94. The van der Waals surface area contributed by atoms with E-state index in [1.54, 1.807) is 4.90 Å². The molecule has 2 fully saturated rings. The molecule has 0 saturated carbocycles. The van der Waals surface area contributed by atoms with Crippen molar-refractivity contribution in [2.75, 3.05) is 44.2 Å². The molecule has 36 heavy (non-hydrogen) atoms. The second-order valence-electron chi connectivity index (χ2n) is 10.1. The van der Waals surface area contributed by atoms with Crippen LogP contribution in [-0.2, 0) is 17.8 Å². The maximum atomic E-state index is 14.0. The summed E-state index contributed by atoms with van der Waals surface area (Å²) in [6.45, 7) is 6.83. The second-order valence-corrected chi connectivity index (χ2v) is 10.1. The van der Waals surface area contributed by atoms with E-state index < -0.39 is 24.3 Å². The van der Waals surface area contributed by atoms with Crippen LogP contribution in [0.3, 0.4) is 0 Å². The summed E-state index contributed by atoms with van der Waals surface area (Å²) in [5, 5.41) is 24.7. The lowest BCUT2D eigenvalue weighted by atomic mass is 10.1. The fourth-order valence-corrected chi connectivity index (χ4v) is 5.57. The van der Waals surface area contributed by atoms with Crippen molar-refractivity contribution >= 4 is 17.5 Å². The summed E-state index contributed by atoms with van der Waals surface area (Å²) in [4.78, 5) is 31.8. The summed E-state index contributed by atoms with van der Waals surface area (Å²) in [6.07, 6.45) is -2.24. The molecular weight excluding hydrogens is 465 g/mol. The summed E-state index contributed by atoms with van der Waals surface area (Å²) in [6, 6.07) is 6.26. The number of piperazine rings is 1. The normalized spacial score (nSPS) is 24.2. The predicted molar refractivity (Wildman–Crippen MR) is 132 cm³/mol. The number of carbonyl (C=O) groups is 2. The van der Waals surface area contributed by atoms with Crippen molar-refractivity contribution in [2.24, 2.45) is 0 Å². The van der Waals surface area contributed by atoms with Crippen molar-refractivity contribution in [1.82, 2.24) is 19.6 Å². The van der Waals surface area contributed by atoms with Gasteiger partial charge in [0.2, 0.25) is 5.91 Å². The molecular formula is C26H34FN5O4. The number of aliphatic hydroxyl groups excluding tert-OH is 2. The van der Waals surface area contributed by atoms with Crippen molar-refractivity contribution in [3.8, 4) is 0 Å². The lowest BCUT2D eigenvalue weighted by Gasteiger charge is -2.37. The van der Waals surface area contributed by atoms with Gasteiger partial charge in [-0.1, -0.05) is 12.1 Å². The van der Waals surface area contributed by atoms with Gasteiger partial charge in [-0.2, -0.15) is 5.10 Å². The lowest BCUT2D eigenvalue weighted by Crippen LogP contribution is -2.50. The van der Waals surface area contributed by atoms with E-state index >= 15 is 0 Å². The van der Waals surface area contributed by atoms with Crippen molar-refractivity contribution < 1.29 is 24.2 Å². The van der Waals surface area contributed by atoms with Gasteiger partial charge >= 0.3 is 0 Å². The minimum absolute atomic E-state index is 0.0550. The SMILES string of the molecule is Cc1cccc(N2CCN(C(=O)Cn3nc(C(=O)N4CC[C@H](O)[C@@H](F)C4)c4c3C(O)CC4)CC2)c1C. The van der Waals surface area contributed by atoms with Gasteiger partial charge in [0, 0.05) is 44.0 Å². The number of amides is 2. The number of carbonyl (C=O) groups excluding carboxylic acids is 2. The van der Waals surface area contributed by atoms with Crippen LogP contribution in [0, 0.1) is 13.8 Å². The lowest BCUT2D eigenvalue weighted by molar-refractivity contribution is -0.132. The molecule has 2 amide bonds. The van der Waals surface area contributed by atoms with Crippen LogP contribution in [0.25, 0.3) is 0 Å². The zero-order chi connectivity index (χ0) is 25.6. The van der Waals surface area contributed by atoms with E-state index in [4.69, 9.17) is 0 Å². The third-order valence-corrected chi connectivity index (χ3v) is 7.91. The monoisotopic (exact) mass is 499 g/mol. The summed E-state index contributed by atoms with van der Waals surface area (Å²) >= 11 is 0. The van der Waals surface area contributed by atoms with Gasteiger partial charge in [0.05, 0.1) is 24.4 Å². The Morgan fingerprint density at radius 3 is 2.53 bits per heavy atom. The van der Waals surface area contributed by atoms with Gasteiger partial charge in [0.25, 0.3) is 5.91 Å². The molecule has 1 aromatic carbocycles. The molecule has 10 heteroatoms. The molecule has 2 aromatic rings. The number of halogens is 1. The van der Waals surface area contributed by atoms with E-state index in [1.165, 1.54) is 26.4 Å². The number of fused-ring (bicyclic) bond motifs is 1. The highest BCUT2D eigenvalue weighted by atomic mass is 19.1. The van der Waals surface area contributed by atoms with Crippen molar-refractivity contribution in [3.05, 3.63) is 46.3 Å². The van der Waals surface area contributed by atoms with Gasteiger partial charge in [0.1, 0.15) is 12.7 Å². The molecule has 2 aliphatic heterocycles. The number of benzene rings is 1. The quantitative estimate of drug-likeness (QED) is 0.659. The third-order valence-electron chi connectivity index (χ3n) is 7.91. The Morgan fingerprint density at radius 2 is 1.81 bits per heavy atom. The van der Waals surface area contributed by atoms with Crippen LogP contribution in [-0.4, -0.2) is 93.2 Å². The number of aliphatic hydroxyl groups is 2. The van der Waals surface area contributed by atoms with Gasteiger partial charge in [-0.25, -0.2) is 4.39 Å². The maximum absolute atomic E-state index is 14.0. The van der Waals surface area contributed by atoms with E-state index in [1.807, 2.05) is 0 Å². The molecule has 1 aliphatic carbocycles. The van der Waals surface area contributed by atoms with E-state index in [9.17, 15) is 24.2 Å². The largest absolute Gasteiger partial charge is 0.390 e. The summed E-state index contributed by atoms with van der Waals surface area (Å²) < 4.78 is 15.5. The number of hydrogen-bond donors (Lipinski definition) is 2. The van der Waals surface area contributed by atoms with Crippen LogP contribution < -0.4 is 4.90 Å². The van der Waals surface area contributed by atoms with E-state index in [2.05, 4.69) is 42.0 Å². The average Bonchev–Trinajstić information content (AvgIpc) is 3.43. The molecule has 3 atom stereocenters. The molecule has 3 heterocycles. The molecule has 1 aromatic heterocycles. The number of aryl methyl sites for hydroxylation is 1. The van der Waals surface area contributed by atoms with Gasteiger partial charge in [0.15, 0.2) is 5.69 Å². The van der Waals surface area contributed by atoms with Crippen molar-refractivity contribution in [3.63, 3.8) is 0 Å². The first-order valence-electron chi connectivity index (χ1n) is 12.7. The smallest absolute Gasteiger partial charge is 0.274 e. The number of hydrogen-bond acceptors (Lipinski definition) is 6. The van der Waals surface area contributed by atoms with Gasteiger partial charge < -0.3 is 24.9 Å². The Morgan fingerprint density at radius 1 is 1.06 bits per heavy atom. The molecule has 0 spiro atoms. The van der Waals surface area contributed by atoms with Crippen LogP contribution in [0.15, 0.2) is 18.2 Å². The number of piperidine rings is 1. The summed E-state index contributed by atoms with van der Waals surface area (Å²) in [5.74, 6) is -0.521. The third kappa shape index (κ3) is 4.48. The predicted octanol–water partition coefficient (Wildman–Crippen LogP) is 1.37. The number of likely N-dealkylation sites (tertiary alicyclic amines) is 1. The minimum Gasteiger partial charge on any atom is -0.390 e. The molecule has 2 saturated heterocycles. The van der Waals surface area contributed by atoms with Crippen LogP contribution in [0.2, 0.25) is 0 Å². The first-order valence-corrected chi connectivity index (χ1v) is 12.7. The topological polar surface area (TPSA) is 102 Å². The van der Waals surface area contributed by atoms with Crippen molar-refractivity contribution in [1.29, 1.82) is 0 Å². The molecule has 0 bridgehead atoms. The molecule has 0 radical (unpaired) electrons. The van der Waals surface area contributed by atoms with Crippen LogP contribution in [0.5, 0.6) is 0 Å². The molecule has 1 unspecified atom stereocenters. The maximum Gasteiger partial charge on any atom is 0.274 e. The zero-order valence-electron chi connectivity index (χ0n) is 20.9. The van der Waals surface area contributed by atoms with Gasteiger partial charge in [-0.3, -0.25) is 14.3 Å². The Labute approximate surface area is 210 Å². The Kier molecular flexibility index (Phi) is 6.74. The number of nitrogens with zero attached hydrogens (tertiary/aromatic N) is 5. The van der Waals surface area contributed by atoms with E-state index in [0.29, 0.717) is 37.2 Å².